The van der Waals surface area contributed by atoms with Crippen molar-refractivity contribution in [3.8, 4) is 5.40 Å². The molecule has 0 unspecified atom stereocenters. The number of sulfonamides is 1. The van der Waals surface area contributed by atoms with Crippen molar-refractivity contribution >= 4 is 21.8 Å². The van der Waals surface area contributed by atoms with Crippen molar-refractivity contribution in [2.75, 3.05) is 0 Å². The van der Waals surface area contributed by atoms with Crippen molar-refractivity contribution in [3.63, 3.8) is 0 Å². The lowest BCUT2D eigenvalue weighted by Crippen LogP contribution is -2.43. The maximum atomic E-state index is 12.4. The van der Waals surface area contributed by atoms with Gasteiger partial charge in [-0.25, -0.2) is 13.1 Å². The van der Waals surface area contributed by atoms with Crippen LogP contribution in [0, 0.1) is 17.6 Å². The number of thioether (sulfide) groups is 1. The second-order valence-electron chi connectivity index (χ2n) is 5.07. The predicted octanol–water partition coefficient (Wildman–Crippen LogP) is 2.80. The minimum Gasteiger partial charge on any atom is -0.207 e. The number of thiocyanates is 1. The van der Waals surface area contributed by atoms with Gasteiger partial charge in [0.1, 0.15) is 5.40 Å². The molecular formula is C14H18N2O2S2. The Morgan fingerprint density at radius 2 is 1.90 bits per heavy atom. The van der Waals surface area contributed by atoms with Crippen LogP contribution in [0.15, 0.2) is 29.2 Å². The average Bonchev–Trinajstić information content (AvgIpc) is 2.41. The highest BCUT2D eigenvalue weighted by atomic mass is 32.2. The number of benzene rings is 1. The molecule has 0 bridgehead atoms. The first-order valence-electron chi connectivity index (χ1n) is 6.66. The van der Waals surface area contributed by atoms with Gasteiger partial charge in [0.15, 0.2) is 0 Å². The molecule has 4 nitrogen and oxygen atoms in total. The number of hydrogen-bond acceptors (Lipinski definition) is 4. The third kappa shape index (κ3) is 3.75. The van der Waals surface area contributed by atoms with E-state index in [2.05, 4.69) is 10.1 Å². The molecule has 1 aliphatic carbocycles. The van der Waals surface area contributed by atoms with Crippen LogP contribution in [-0.4, -0.2) is 19.7 Å². The number of nitrogens with one attached hydrogen (secondary N) is 1. The van der Waals surface area contributed by atoms with Crippen molar-refractivity contribution in [1.82, 2.24) is 4.72 Å². The lowest BCUT2D eigenvalue weighted by molar-refractivity contribution is 0.423. The quantitative estimate of drug-likeness (QED) is 0.868. The SMILES string of the molecule is Cc1ccc(S(=O)(=O)N[C@@H]2CCCC[C@H]2SC#N)cc1. The van der Waals surface area contributed by atoms with E-state index in [-0.39, 0.29) is 16.2 Å². The first kappa shape index (κ1) is 15.4. The molecule has 20 heavy (non-hydrogen) atoms. The Kier molecular flexibility index (Phi) is 5.08. The maximum absolute atomic E-state index is 12.4. The minimum atomic E-state index is -3.50. The average molecular weight is 310 g/mol. The largest absolute Gasteiger partial charge is 0.240 e. The fraction of sp³-hybridized carbons (Fsp3) is 0.500. The summed E-state index contributed by atoms with van der Waals surface area (Å²) >= 11 is 1.18. The Balaban J connectivity index is 2.14. The van der Waals surface area contributed by atoms with Crippen molar-refractivity contribution < 1.29 is 8.42 Å². The van der Waals surface area contributed by atoms with Crippen LogP contribution in [0.2, 0.25) is 0 Å². The molecule has 1 saturated carbocycles. The normalized spacial score (nSPS) is 23.2. The zero-order valence-corrected chi connectivity index (χ0v) is 13.0. The number of nitrogens with zero attached hydrogens (tertiary/aromatic N) is 1. The maximum Gasteiger partial charge on any atom is 0.240 e. The van der Waals surface area contributed by atoms with Crippen molar-refractivity contribution in [2.24, 2.45) is 0 Å². The van der Waals surface area contributed by atoms with E-state index in [1.54, 1.807) is 24.3 Å². The van der Waals surface area contributed by atoms with Gasteiger partial charge in [-0.2, -0.15) is 5.26 Å². The highest BCUT2D eigenvalue weighted by Gasteiger charge is 2.29. The molecular weight excluding hydrogens is 292 g/mol. The van der Waals surface area contributed by atoms with Crippen molar-refractivity contribution in [2.45, 2.75) is 48.8 Å². The summed E-state index contributed by atoms with van der Waals surface area (Å²) in [7, 11) is -3.50. The molecule has 0 heterocycles. The van der Waals surface area contributed by atoms with Crippen LogP contribution in [-0.2, 0) is 10.0 Å². The minimum absolute atomic E-state index is 0.0500. The third-order valence-electron chi connectivity index (χ3n) is 3.54. The van der Waals surface area contributed by atoms with E-state index in [4.69, 9.17) is 5.26 Å². The Bertz CT molecular complexity index is 591. The second kappa shape index (κ2) is 6.61. The molecule has 1 aromatic rings. The van der Waals surface area contributed by atoms with Gasteiger partial charge in [0.05, 0.1) is 4.90 Å². The molecule has 2 atom stereocenters. The van der Waals surface area contributed by atoms with E-state index < -0.39 is 10.0 Å². The standard InChI is InChI=1S/C14H18N2O2S2/c1-11-6-8-12(9-7-11)20(17,18)16-13-4-2-3-5-14(13)19-10-15/h6-9,13-14,16H,2-5H2,1H3/t13-,14-/m1/s1. The highest BCUT2D eigenvalue weighted by molar-refractivity contribution is 8.04. The first-order valence-corrected chi connectivity index (χ1v) is 9.03. The second-order valence-corrected chi connectivity index (χ2v) is 7.81. The molecule has 1 aliphatic rings. The Hall–Kier alpha value is -1.03. The van der Waals surface area contributed by atoms with Crippen LogP contribution in [0.25, 0.3) is 0 Å². The van der Waals surface area contributed by atoms with Crippen LogP contribution in [0.4, 0.5) is 0 Å². The zero-order chi connectivity index (χ0) is 14.6. The zero-order valence-electron chi connectivity index (χ0n) is 11.4. The van der Waals surface area contributed by atoms with E-state index in [1.807, 2.05) is 6.92 Å². The van der Waals surface area contributed by atoms with Gasteiger partial charge in [-0.1, -0.05) is 30.5 Å². The number of aryl methyl sites for hydroxylation is 1. The summed E-state index contributed by atoms with van der Waals surface area (Å²) in [4.78, 5) is 0.286. The van der Waals surface area contributed by atoms with Gasteiger partial charge < -0.3 is 0 Å². The van der Waals surface area contributed by atoms with Crippen LogP contribution in [0.5, 0.6) is 0 Å². The summed E-state index contributed by atoms with van der Waals surface area (Å²) in [6.07, 6.45) is 3.75. The van der Waals surface area contributed by atoms with Crippen molar-refractivity contribution in [1.29, 1.82) is 5.26 Å². The Morgan fingerprint density at radius 3 is 2.55 bits per heavy atom. The van der Waals surface area contributed by atoms with Gasteiger partial charge in [0.25, 0.3) is 0 Å². The fourth-order valence-electron chi connectivity index (χ4n) is 2.43. The van der Waals surface area contributed by atoms with Gasteiger partial charge in [-0.3, -0.25) is 0 Å². The summed E-state index contributed by atoms with van der Waals surface area (Å²) in [5, 5.41) is 11.0. The monoisotopic (exact) mass is 310 g/mol. The molecule has 0 saturated heterocycles. The highest BCUT2D eigenvalue weighted by Crippen LogP contribution is 2.29. The molecule has 0 aromatic heterocycles. The van der Waals surface area contributed by atoms with E-state index in [0.717, 1.165) is 31.2 Å². The molecule has 6 heteroatoms. The Morgan fingerprint density at radius 1 is 1.25 bits per heavy atom. The summed E-state index contributed by atoms with van der Waals surface area (Å²) in [5.41, 5.74) is 1.03. The lowest BCUT2D eigenvalue weighted by Gasteiger charge is -2.29. The molecule has 1 aromatic carbocycles. The van der Waals surface area contributed by atoms with Gasteiger partial charge in [0, 0.05) is 11.3 Å². The van der Waals surface area contributed by atoms with E-state index in [9.17, 15) is 8.42 Å². The number of rotatable bonds is 4. The molecule has 2 rings (SSSR count). The topological polar surface area (TPSA) is 70.0 Å². The van der Waals surface area contributed by atoms with Gasteiger partial charge in [0.2, 0.25) is 10.0 Å². The fourth-order valence-corrected chi connectivity index (χ4v) is 4.61. The molecule has 108 valence electrons. The van der Waals surface area contributed by atoms with Crippen LogP contribution < -0.4 is 4.72 Å². The lowest BCUT2D eigenvalue weighted by atomic mass is 9.96. The Labute approximate surface area is 124 Å². The predicted molar refractivity (Wildman–Crippen MR) is 80.7 cm³/mol. The third-order valence-corrected chi connectivity index (χ3v) is 6.02. The summed E-state index contributed by atoms with van der Waals surface area (Å²) < 4.78 is 27.5. The van der Waals surface area contributed by atoms with Crippen molar-refractivity contribution in [3.05, 3.63) is 29.8 Å². The number of nitriles is 1. The summed E-state index contributed by atoms with van der Waals surface area (Å²) in [6, 6.07) is 6.66. The molecule has 0 amide bonds. The van der Waals surface area contributed by atoms with Gasteiger partial charge >= 0.3 is 0 Å². The van der Waals surface area contributed by atoms with Gasteiger partial charge in [-0.15, -0.1) is 0 Å². The molecule has 0 spiro atoms. The smallest absolute Gasteiger partial charge is 0.207 e. The first-order chi connectivity index (χ1) is 9.53. The molecule has 1 N–H and O–H groups in total. The van der Waals surface area contributed by atoms with E-state index in [1.165, 1.54) is 11.8 Å². The van der Waals surface area contributed by atoms with Gasteiger partial charge in [-0.05, 0) is 43.7 Å². The van der Waals surface area contributed by atoms with Crippen LogP contribution >= 0.6 is 11.8 Å². The van der Waals surface area contributed by atoms with Crippen LogP contribution in [0.1, 0.15) is 31.2 Å². The molecule has 0 aliphatic heterocycles. The summed E-state index contributed by atoms with van der Waals surface area (Å²) in [6.45, 7) is 1.92. The number of hydrogen-bond donors (Lipinski definition) is 1. The van der Waals surface area contributed by atoms with Crippen LogP contribution in [0.3, 0.4) is 0 Å². The van der Waals surface area contributed by atoms with E-state index >= 15 is 0 Å². The van der Waals surface area contributed by atoms with E-state index in [0.29, 0.717) is 0 Å². The summed E-state index contributed by atoms with van der Waals surface area (Å²) in [5.74, 6) is 0. The molecule has 1 fully saturated rings. The molecule has 0 radical (unpaired) electrons.